The maximum Gasteiger partial charge on any atom is 0.131 e. The molecule has 2 aliphatic heterocycles. The fourth-order valence-electron chi connectivity index (χ4n) is 4.46. The molecule has 4 nitrogen and oxygen atoms in total. The van der Waals surface area contributed by atoms with Gasteiger partial charge in [0.05, 0.1) is 6.04 Å². The summed E-state index contributed by atoms with van der Waals surface area (Å²) in [7, 11) is 0. The lowest BCUT2D eigenvalue weighted by Crippen LogP contribution is -2.39. The zero-order valence-electron chi connectivity index (χ0n) is 16.8. The van der Waals surface area contributed by atoms with Gasteiger partial charge >= 0.3 is 0 Å². The lowest BCUT2D eigenvalue weighted by molar-refractivity contribution is 0.0343. The van der Waals surface area contributed by atoms with Crippen LogP contribution in [0.2, 0.25) is 0 Å². The van der Waals surface area contributed by atoms with Gasteiger partial charge in [-0.2, -0.15) is 0 Å². The second-order valence-electron chi connectivity index (χ2n) is 8.09. The zero-order valence-corrected chi connectivity index (χ0v) is 16.8. The number of hydrogen-bond acceptors (Lipinski definition) is 4. The Bertz CT molecular complexity index is 902. The highest BCUT2D eigenvalue weighted by Crippen LogP contribution is 2.37. The van der Waals surface area contributed by atoms with Crippen molar-refractivity contribution in [2.24, 2.45) is 0 Å². The van der Waals surface area contributed by atoms with E-state index in [4.69, 9.17) is 10.1 Å². The number of benzene rings is 2. The molecule has 6 heteroatoms. The van der Waals surface area contributed by atoms with E-state index >= 15 is 0 Å². The average molecular weight is 399 g/mol. The van der Waals surface area contributed by atoms with Crippen LogP contribution in [0.1, 0.15) is 60.0 Å². The monoisotopic (exact) mass is 399 g/mol. The molecule has 29 heavy (non-hydrogen) atoms. The summed E-state index contributed by atoms with van der Waals surface area (Å²) < 4.78 is 35.2. The second kappa shape index (κ2) is 8.20. The molecule has 2 heterocycles. The highest BCUT2D eigenvalue weighted by Gasteiger charge is 2.31. The number of halogens is 2. The third-order valence-corrected chi connectivity index (χ3v) is 5.82. The van der Waals surface area contributed by atoms with Crippen molar-refractivity contribution in [1.82, 2.24) is 5.32 Å². The van der Waals surface area contributed by atoms with Gasteiger partial charge < -0.3 is 20.8 Å². The molecule has 0 radical (unpaired) electrons. The smallest absolute Gasteiger partial charge is 0.131 e. The number of rotatable bonds is 4. The van der Waals surface area contributed by atoms with E-state index in [2.05, 4.69) is 10.6 Å². The maximum absolute atomic E-state index is 14.7. The van der Waals surface area contributed by atoms with Crippen molar-refractivity contribution in [1.29, 1.82) is 5.41 Å². The zero-order chi connectivity index (χ0) is 20.5. The van der Waals surface area contributed by atoms with Crippen molar-refractivity contribution in [2.45, 2.75) is 57.8 Å². The summed E-state index contributed by atoms with van der Waals surface area (Å²) in [6.07, 6.45) is 5.06. The van der Waals surface area contributed by atoms with E-state index in [0.717, 1.165) is 48.2 Å². The summed E-state index contributed by atoms with van der Waals surface area (Å²) in [5.74, 6) is -1.09. The fraction of sp³-hybridized carbons (Fsp3) is 0.435. The number of anilines is 1. The van der Waals surface area contributed by atoms with Crippen molar-refractivity contribution in [3.63, 3.8) is 0 Å². The van der Waals surface area contributed by atoms with E-state index in [1.54, 1.807) is 6.92 Å². The van der Waals surface area contributed by atoms with E-state index in [-0.39, 0.29) is 17.8 Å². The SMILES string of the molecule is Cc1cc(F)c(C2NC(C)Cc3c2ccc(NC2CCCCO2)c3C=N)c(F)c1. The van der Waals surface area contributed by atoms with E-state index in [0.29, 0.717) is 12.0 Å². The minimum atomic E-state index is -0.590. The molecule has 0 aliphatic carbocycles. The van der Waals surface area contributed by atoms with Gasteiger partial charge in [-0.3, -0.25) is 0 Å². The summed E-state index contributed by atoms with van der Waals surface area (Å²) in [6, 6.07) is 5.97. The third-order valence-electron chi connectivity index (χ3n) is 5.82. The minimum absolute atomic E-state index is 0.0208. The van der Waals surface area contributed by atoms with Gasteiger partial charge in [-0.05, 0) is 74.4 Å². The Hall–Kier alpha value is -2.31. The summed E-state index contributed by atoms with van der Waals surface area (Å²) in [5, 5.41) is 14.8. The van der Waals surface area contributed by atoms with Crippen molar-refractivity contribution < 1.29 is 13.5 Å². The van der Waals surface area contributed by atoms with Crippen LogP contribution in [0.5, 0.6) is 0 Å². The van der Waals surface area contributed by atoms with Crippen LogP contribution >= 0.6 is 0 Å². The Morgan fingerprint density at radius 1 is 1.21 bits per heavy atom. The molecule has 0 spiro atoms. The topological polar surface area (TPSA) is 57.1 Å². The lowest BCUT2D eigenvalue weighted by atomic mass is 9.83. The first kappa shape index (κ1) is 20.0. The molecule has 4 rings (SSSR count). The Balaban J connectivity index is 1.76. The van der Waals surface area contributed by atoms with Gasteiger partial charge in [0.2, 0.25) is 0 Å². The molecule has 3 atom stereocenters. The predicted octanol–water partition coefficient (Wildman–Crippen LogP) is 4.83. The first-order valence-electron chi connectivity index (χ1n) is 10.2. The van der Waals surface area contributed by atoms with Crippen molar-refractivity contribution in [2.75, 3.05) is 11.9 Å². The number of ether oxygens (including phenoxy) is 1. The van der Waals surface area contributed by atoms with Crippen LogP contribution in [0.4, 0.5) is 14.5 Å². The molecule has 154 valence electrons. The Labute approximate surface area is 170 Å². The van der Waals surface area contributed by atoms with Crippen LogP contribution in [0, 0.1) is 24.0 Å². The minimum Gasteiger partial charge on any atom is -0.360 e. The van der Waals surface area contributed by atoms with Crippen molar-refractivity contribution in [3.05, 3.63) is 63.7 Å². The quantitative estimate of drug-likeness (QED) is 0.645. The van der Waals surface area contributed by atoms with Crippen LogP contribution in [-0.2, 0) is 11.2 Å². The predicted molar refractivity (Wildman–Crippen MR) is 111 cm³/mol. The van der Waals surface area contributed by atoms with Gasteiger partial charge in [0.25, 0.3) is 0 Å². The number of aryl methyl sites for hydroxylation is 1. The van der Waals surface area contributed by atoms with E-state index in [1.165, 1.54) is 18.3 Å². The molecule has 0 amide bonds. The Morgan fingerprint density at radius 2 is 1.97 bits per heavy atom. The Morgan fingerprint density at radius 3 is 2.62 bits per heavy atom. The summed E-state index contributed by atoms with van der Waals surface area (Å²) in [4.78, 5) is 0. The van der Waals surface area contributed by atoms with Crippen molar-refractivity contribution in [3.8, 4) is 0 Å². The highest BCUT2D eigenvalue weighted by molar-refractivity contribution is 5.89. The number of nitrogens with one attached hydrogen (secondary N) is 3. The van der Waals surface area contributed by atoms with Crippen LogP contribution in [0.25, 0.3) is 0 Å². The van der Waals surface area contributed by atoms with Crippen molar-refractivity contribution >= 4 is 11.9 Å². The molecule has 0 saturated carbocycles. The van der Waals surface area contributed by atoms with E-state index in [1.807, 2.05) is 19.1 Å². The van der Waals surface area contributed by atoms with Crippen LogP contribution in [-0.4, -0.2) is 25.1 Å². The molecule has 1 saturated heterocycles. The standard InChI is InChI=1S/C23H27F2N3O/c1-13-9-18(24)22(19(25)10-13)23-15-6-7-20(28-21-5-3-4-8-29-21)17(12-26)16(15)11-14(2)27-23/h6-7,9-10,12,14,21,23,26-28H,3-5,8,11H2,1-2H3. The first-order valence-corrected chi connectivity index (χ1v) is 10.2. The van der Waals surface area contributed by atoms with Gasteiger partial charge in [0, 0.05) is 35.7 Å². The normalized spacial score (nSPS) is 24.1. The van der Waals surface area contributed by atoms with Crippen LogP contribution < -0.4 is 10.6 Å². The fourth-order valence-corrected chi connectivity index (χ4v) is 4.46. The van der Waals surface area contributed by atoms with Gasteiger partial charge in [-0.15, -0.1) is 0 Å². The summed E-state index contributed by atoms with van der Waals surface area (Å²) >= 11 is 0. The van der Waals surface area contributed by atoms with Gasteiger partial charge in [0.15, 0.2) is 0 Å². The summed E-state index contributed by atoms with van der Waals surface area (Å²) in [5.41, 5.74) is 3.97. The number of fused-ring (bicyclic) bond motifs is 1. The molecule has 2 aromatic rings. The second-order valence-corrected chi connectivity index (χ2v) is 8.09. The van der Waals surface area contributed by atoms with Gasteiger partial charge in [-0.1, -0.05) is 6.07 Å². The highest BCUT2D eigenvalue weighted by atomic mass is 19.1. The molecule has 3 N–H and O–H groups in total. The molecular weight excluding hydrogens is 372 g/mol. The molecule has 3 unspecified atom stereocenters. The first-order chi connectivity index (χ1) is 14.0. The average Bonchev–Trinajstić information content (AvgIpc) is 2.67. The van der Waals surface area contributed by atoms with Gasteiger partial charge in [-0.25, -0.2) is 8.78 Å². The van der Waals surface area contributed by atoms with E-state index < -0.39 is 17.7 Å². The largest absolute Gasteiger partial charge is 0.360 e. The number of hydrogen-bond donors (Lipinski definition) is 3. The molecular formula is C23H27F2N3O. The van der Waals surface area contributed by atoms with Gasteiger partial charge in [0.1, 0.15) is 17.9 Å². The molecule has 2 aromatic carbocycles. The molecule has 1 fully saturated rings. The van der Waals surface area contributed by atoms with E-state index in [9.17, 15) is 8.78 Å². The Kier molecular flexibility index (Phi) is 5.65. The molecule has 0 aromatic heterocycles. The van der Waals surface area contributed by atoms with Crippen LogP contribution in [0.3, 0.4) is 0 Å². The van der Waals surface area contributed by atoms with Crippen LogP contribution in [0.15, 0.2) is 24.3 Å². The third kappa shape index (κ3) is 3.91. The maximum atomic E-state index is 14.7. The molecule has 0 bridgehead atoms. The summed E-state index contributed by atoms with van der Waals surface area (Å²) in [6.45, 7) is 4.41. The molecule has 2 aliphatic rings. The lowest BCUT2D eigenvalue weighted by Gasteiger charge is -2.34.